The van der Waals surface area contributed by atoms with E-state index >= 15 is 0 Å². The molecule has 31 heavy (non-hydrogen) atoms. The molecule has 1 aromatic heterocycles. The first-order valence-electron chi connectivity index (χ1n) is 10.4. The van der Waals surface area contributed by atoms with Crippen LogP contribution in [0.1, 0.15) is 36.2 Å². The zero-order valence-electron chi connectivity index (χ0n) is 17.1. The van der Waals surface area contributed by atoms with Gasteiger partial charge in [-0.2, -0.15) is 10.2 Å². The van der Waals surface area contributed by atoms with E-state index in [0.29, 0.717) is 36.8 Å². The van der Waals surface area contributed by atoms with Gasteiger partial charge in [-0.15, -0.1) is 4.80 Å². The third-order valence-corrected chi connectivity index (χ3v) is 5.07. The van der Waals surface area contributed by atoms with Crippen LogP contribution < -0.4 is 9.47 Å². The van der Waals surface area contributed by atoms with Gasteiger partial charge in [0.15, 0.2) is 0 Å². The van der Waals surface area contributed by atoms with Crippen LogP contribution in [0.5, 0.6) is 11.5 Å². The van der Waals surface area contributed by atoms with Crippen LogP contribution in [-0.2, 0) is 24.1 Å². The van der Waals surface area contributed by atoms with Crippen molar-refractivity contribution in [3.05, 3.63) is 65.2 Å². The number of hydrogen-bond donors (Lipinski definition) is 1. The molecule has 0 radical (unpaired) electrons. The smallest absolute Gasteiger partial charge is 0.307 e. The number of carboxylic acids is 1. The number of aryl methyl sites for hydroxylation is 2. The van der Waals surface area contributed by atoms with Gasteiger partial charge in [0.25, 0.3) is 0 Å². The zero-order chi connectivity index (χ0) is 21.6. The monoisotopic (exact) mass is 425 g/mol. The average molecular weight is 425 g/mol. The Hall–Kier alpha value is -3.42. The van der Waals surface area contributed by atoms with Gasteiger partial charge in [-0.3, -0.25) is 4.79 Å². The van der Waals surface area contributed by atoms with Crippen molar-refractivity contribution in [3.8, 4) is 17.2 Å². The van der Waals surface area contributed by atoms with Crippen molar-refractivity contribution in [2.75, 3.05) is 13.2 Å². The number of carboxylic acid groups (broad SMARTS) is 1. The van der Waals surface area contributed by atoms with E-state index in [1.54, 1.807) is 30.3 Å². The van der Waals surface area contributed by atoms with Crippen molar-refractivity contribution in [3.63, 3.8) is 0 Å². The van der Waals surface area contributed by atoms with Crippen LogP contribution in [0.25, 0.3) is 5.69 Å². The van der Waals surface area contributed by atoms with E-state index in [-0.39, 0.29) is 12.2 Å². The highest BCUT2D eigenvalue weighted by atomic mass is 19.1. The van der Waals surface area contributed by atoms with Gasteiger partial charge < -0.3 is 14.6 Å². The predicted octanol–water partition coefficient (Wildman–Crippen LogP) is 3.76. The molecule has 0 atom stereocenters. The maximum atomic E-state index is 13.9. The molecule has 7 nitrogen and oxygen atoms in total. The van der Waals surface area contributed by atoms with Crippen molar-refractivity contribution in [2.45, 2.75) is 38.5 Å². The predicted molar refractivity (Wildman–Crippen MR) is 111 cm³/mol. The molecule has 0 saturated heterocycles. The molecule has 1 heterocycles. The van der Waals surface area contributed by atoms with Gasteiger partial charge >= 0.3 is 5.97 Å². The zero-order valence-corrected chi connectivity index (χ0v) is 17.1. The molecule has 0 saturated carbocycles. The van der Waals surface area contributed by atoms with Crippen molar-refractivity contribution >= 4 is 5.97 Å². The quantitative estimate of drug-likeness (QED) is 0.526. The van der Waals surface area contributed by atoms with Gasteiger partial charge in [0, 0.05) is 12.5 Å². The summed E-state index contributed by atoms with van der Waals surface area (Å²) in [6, 6.07) is 11.3. The van der Waals surface area contributed by atoms with Crippen LogP contribution in [0.3, 0.4) is 0 Å². The molecule has 0 unspecified atom stereocenters. The van der Waals surface area contributed by atoms with Crippen LogP contribution >= 0.6 is 0 Å². The summed E-state index contributed by atoms with van der Waals surface area (Å²) in [6.07, 6.45) is 4.60. The van der Waals surface area contributed by atoms with E-state index < -0.39 is 5.97 Å². The Morgan fingerprint density at radius 3 is 2.35 bits per heavy atom. The first kappa shape index (κ1) is 20.8. The number of halogens is 1. The second-order valence-electron chi connectivity index (χ2n) is 7.47. The third kappa shape index (κ3) is 5.39. The van der Waals surface area contributed by atoms with Gasteiger partial charge in [0.1, 0.15) is 23.0 Å². The fraction of sp³-hybridized carbons (Fsp3) is 0.348. The summed E-state index contributed by atoms with van der Waals surface area (Å²) in [5.74, 6) is -0.0431. The number of rotatable bonds is 9. The van der Waals surface area contributed by atoms with E-state index in [1.807, 2.05) is 0 Å². The third-order valence-electron chi connectivity index (χ3n) is 5.07. The summed E-state index contributed by atoms with van der Waals surface area (Å²) in [5, 5.41) is 17.9. The summed E-state index contributed by atoms with van der Waals surface area (Å²) in [5.41, 5.74) is 3.17. The van der Waals surface area contributed by atoms with E-state index in [2.05, 4.69) is 10.2 Å². The van der Waals surface area contributed by atoms with Crippen LogP contribution in [0, 0.1) is 5.82 Å². The fourth-order valence-electron chi connectivity index (χ4n) is 3.53. The lowest BCUT2D eigenvalue weighted by atomic mass is 10.0. The summed E-state index contributed by atoms with van der Waals surface area (Å²) in [7, 11) is 0. The minimum absolute atomic E-state index is 0.0117. The van der Waals surface area contributed by atoms with E-state index in [9.17, 15) is 9.18 Å². The molecule has 1 aliphatic carbocycles. The molecule has 4 rings (SSSR count). The standard InChI is InChI=1S/C23H24FN3O4/c24-17-8-11-22(21(15-17)27-25-19-4-1-2-5-20(19)26-27)31-13-3-12-30-18-9-6-16(7-10-18)14-23(28)29/h6-11,15H,1-5,12-14H2,(H,28,29). The molecule has 0 bridgehead atoms. The van der Waals surface area contributed by atoms with Crippen LogP contribution in [0.15, 0.2) is 42.5 Å². The number of fused-ring (bicyclic) bond motifs is 1. The molecular formula is C23H24FN3O4. The Labute approximate surface area is 179 Å². The molecular weight excluding hydrogens is 401 g/mol. The number of benzene rings is 2. The highest BCUT2D eigenvalue weighted by Crippen LogP contribution is 2.25. The Kier molecular flexibility index (Phi) is 6.45. The number of hydrogen-bond acceptors (Lipinski definition) is 5. The van der Waals surface area contributed by atoms with Crippen LogP contribution in [0.4, 0.5) is 4.39 Å². The number of aromatic nitrogens is 3. The number of ether oxygens (including phenoxy) is 2. The lowest BCUT2D eigenvalue weighted by Gasteiger charge is -2.11. The largest absolute Gasteiger partial charge is 0.493 e. The van der Waals surface area contributed by atoms with Crippen LogP contribution in [0.2, 0.25) is 0 Å². The van der Waals surface area contributed by atoms with E-state index in [0.717, 1.165) is 42.6 Å². The first-order chi connectivity index (χ1) is 15.1. The maximum Gasteiger partial charge on any atom is 0.307 e. The Morgan fingerprint density at radius 1 is 1.00 bits per heavy atom. The van der Waals surface area contributed by atoms with Crippen molar-refractivity contribution in [1.29, 1.82) is 0 Å². The summed E-state index contributed by atoms with van der Waals surface area (Å²) >= 11 is 0. The lowest BCUT2D eigenvalue weighted by molar-refractivity contribution is -0.136. The van der Waals surface area contributed by atoms with Gasteiger partial charge in [-0.25, -0.2) is 4.39 Å². The van der Waals surface area contributed by atoms with Crippen molar-refractivity contribution in [2.24, 2.45) is 0 Å². The maximum absolute atomic E-state index is 13.9. The molecule has 8 heteroatoms. The molecule has 1 N–H and O–H groups in total. The molecule has 0 fully saturated rings. The number of nitrogens with zero attached hydrogens (tertiary/aromatic N) is 3. The second-order valence-corrected chi connectivity index (χ2v) is 7.47. The van der Waals surface area contributed by atoms with Crippen molar-refractivity contribution < 1.29 is 23.8 Å². The Morgan fingerprint density at radius 2 is 1.68 bits per heavy atom. The van der Waals surface area contributed by atoms with Gasteiger partial charge in [0.05, 0.1) is 31.0 Å². The molecule has 1 aliphatic rings. The molecule has 0 spiro atoms. The topological polar surface area (TPSA) is 86.5 Å². The van der Waals surface area contributed by atoms with Gasteiger partial charge in [0.2, 0.25) is 0 Å². The molecule has 0 aliphatic heterocycles. The second kappa shape index (κ2) is 9.59. The number of aliphatic carboxylic acids is 1. The molecule has 2 aromatic carbocycles. The van der Waals surface area contributed by atoms with Crippen LogP contribution in [-0.4, -0.2) is 39.3 Å². The fourth-order valence-corrected chi connectivity index (χ4v) is 3.53. The molecule has 3 aromatic rings. The van der Waals surface area contributed by atoms with E-state index in [4.69, 9.17) is 14.6 Å². The minimum Gasteiger partial charge on any atom is -0.493 e. The first-order valence-corrected chi connectivity index (χ1v) is 10.4. The van der Waals surface area contributed by atoms with Gasteiger partial charge in [-0.05, 0) is 55.5 Å². The molecule has 162 valence electrons. The molecule has 0 amide bonds. The summed E-state index contributed by atoms with van der Waals surface area (Å²) in [6.45, 7) is 0.819. The van der Waals surface area contributed by atoms with Crippen molar-refractivity contribution in [1.82, 2.24) is 15.0 Å². The Bertz CT molecular complexity index is 1030. The normalized spacial score (nSPS) is 12.9. The summed E-state index contributed by atoms with van der Waals surface area (Å²) in [4.78, 5) is 12.2. The van der Waals surface area contributed by atoms with E-state index in [1.165, 1.54) is 16.9 Å². The minimum atomic E-state index is -0.864. The lowest BCUT2D eigenvalue weighted by Crippen LogP contribution is -2.08. The average Bonchev–Trinajstić information content (AvgIpc) is 3.19. The number of carbonyl (C=O) groups is 1. The Balaban J connectivity index is 1.32. The van der Waals surface area contributed by atoms with Gasteiger partial charge in [-0.1, -0.05) is 12.1 Å². The highest BCUT2D eigenvalue weighted by molar-refractivity contribution is 5.70. The highest BCUT2D eigenvalue weighted by Gasteiger charge is 2.18. The SMILES string of the molecule is O=C(O)Cc1ccc(OCCCOc2ccc(F)cc2-n2nc3c(n2)CCCC3)cc1. The summed E-state index contributed by atoms with van der Waals surface area (Å²) < 4.78 is 25.4.